The van der Waals surface area contributed by atoms with Gasteiger partial charge < -0.3 is 14.8 Å². The van der Waals surface area contributed by atoms with Crippen molar-refractivity contribution in [1.82, 2.24) is 5.32 Å². The quantitative estimate of drug-likeness (QED) is 0.276. The van der Waals surface area contributed by atoms with Crippen molar-refractivity contribution in [2.75, 3.05) is 14.2 Å². The number of carbonyl (C=O) groups is 1. The fourth-order valence-corrected chi connectivity index (χ4v) is 5.80. The van der Waals surface area contributed by atoms with E-state index in [-0.39, 0.29) is 10.8 Å². The highest BCUT2D eigenvalue weighted by molar-refractivity contribution is 7.14. The van der Waals surface area contributed by atoms with Crippen LogP contribution in [0, 0.1) is 10.1 Å². The molecule has 0 spiro atoms. The molecule has 186 valence electrons. The summed E-state index contributed by atoms with van der Waals surface area (Å²) in [7, 11) is 3.15. The Kier molecular flexibility index (Phi) is 8.23. The summed E-state index contributed by atoms with van der Waals surface area (Å²) in [5.74, 6) is 0.435. The Morgan fingerprint density at radius 3 is 2.41 bits per heavy atom. The molecule has 1 heterocycles. The number of aryl methyl sites for hydroxylation is 2. The molecule has 1 N–H and O–H groups in total. The summed E-state index contributed by atoms with van der Waals surface area (Å²) in [4.78, 5) is 27.0. The largest absolute Gasteiger partial charge is 0.493 e. The maximum Gasteiger partial charge on any atom is 0.262 e. The molecule has 0 aliphatic heterocycles. The first-order valence-corrected chi connectivity index (χ1v) is 12.7. The van der Waals surface area contributed by atoms with Crippen molar-refractivity contribution < 1.29 is 19.2 Å². The maximum atomic E-state index is 13.4. The van der Waals surface area contributed by atoms with E-state index in [1.54, 1.807) is 14.2 Å². The van der Waals surface area contributed by atoms with E-state index in [1.807, 2.05) is 39.0 Å². The van der Waals surface area contributed by atoms with Gasteiger partial charge in [-0.25, -0.2) is 0 Å². The van der Waals surface area contributed by atoms with Crippen LogP contribution in [0.4, 0.5) is 0 Å². The van der Waals surface area contributed by atoms with Crippen molar-refractivity contribution in [1.29, 1.82) is 0 Å². The standard InChI is InChI=1S/C26H36N2O5S/c1-7-8-9-10-17-14-19(24(34-17)25(29)27-26(2,3)4)23-18-15-22(33-6)21(32-5)13-16(18)11-12-20(23)28(30)31/h13-15,20,23H,7-12H2,1-6H3,(H,27,29)/t20-,23+/m0/s1. The molecular weight excluding hydrogens is 452 g/mol. The van der Waals surface area contributed by atoms with Crippen LogP contribution >= 0.6 is 11.3 Å². The summed E-state index contributed by atoms with van der Waals surface area (Å²) in [5.41, 5.74) is 2.17. The Labute approximate surface area is 206 Å². The summed E-state index contributed by atoms with van der Waals surface area (Å²) >= 11 is 1.47. The van der Waals surface area contributed by atoms with Crippen molar-refractivity contribution in [2.24, 2.45) is 0 Å². The Morgan fingerprint density at radius 2 is 1.82 bits per heavy atom. The first-order chi connectivity index (χ1) is 16.1. The van der Waals surface area contributed by atoms with Crippen LogP contribution in [0.1, 0.15) is 90.5 Å². The predicted molar refractivity (Wildman–Crippen MR) is 135 cm³/mol. The van der Waals surface area contributed by atoms with Gasteiger partial charge in [-0.1, -0.05) is 19.8 Å². The van der Waals surface area contributed by atoms with E-state index in [1.165, 1.54) is 11.3 Å². The monoisotopic (exact) mass is 488 g/mol. The molecule has 7 nitrogen and oxygen atoms in total. The summed E-state index contributed by atoms with van der Waals surface area (Å²) in [6.45, 7) is 7.97. The van der Waals surface area contributed by atoms with Crippen LogP contribution in [0.2, 0.25) is 0 Å². The van der Waals surface area contributed by atoms with Gasteiger partial charge >= 0.3 is 0 Å². The number of rotatable bonds is 9. The molecule has 1 aliphatic carbocycles. The predicted octanol–water partition coefficient (Wildman–Crippen LogP) is 5.75. The van der Waals surface area contributed by atoms with Crippen molar-refractivity contribution >= 4 is 17.2 Å². The van der Waals surface area contributed by atoms with Crippen LogP contribution in [0.5, 0.6) is 11.5 Å². The lowest BCUT2D eigenvalue weighted by atomic mass is 9.75. The molecule has 1 aliphatic rings. The third-order valence-corrected chi connectivity index (χ3v) is 7.42. The normalized spacial score (nSPS) is 17.7. The Hall–Kier alpha value is -2.61. The molecule has 2 aromatic rings. The van der Waals surface area contributed by atoms with Crippen LogP contribution in [-0.2, 0) is 12.8 Å². The minimum absolute atomic E-state index is 0.177. The second-order valence-electron chi connectivity index (χ2n) is 9.93. The number of hydrogen-bond donors (Lipinski definition) is 1. The Bertz CT molecular complexity index is 1040. The molecule has 1 aromatic heterocycles. The smallest absolute Gasteiger partial charge is 0.262 e. The van der Waals surface area contributed by atoms with E-state index < -0.39 is 17.5 Å². The fraction of sp³-hybridized carbons (Fsp3) is 0.577. The lowest BCUT2D eigenvalue weighted by Gasteiger charge is -2.30. The molecule has 0 saturated carbocycles. The van der Waals surface area contributed by atoms with Gasteiger partial charge in [0.15, 0.2) is 11.5 Å². The van der Waals surface area contributed by atoms with Gasteiger partial charge in [0.25, 0.3) is 5.91 Å². The maximum absolute atomic E-state index is 13.4. The van der Waals surface area contributed by atoms with Crippen LogP contribution in [0.3, 0.4) is 0 Å². The van der Waals surface area contributed by atoms with E-state index >= 15 is 0 Å². The second-order valence-corrected chi connectivity index (χ2v) is 11.1. The van der Waals surface area contributed by atoms with Crippen LogP contribution < -0.4 is 14.8 Å². The lowest BCUT2D eigenvalue weighted by molar-refractivity contribution is -0.526. The van der Waals surface area contributed by atoms with E-state index in [0.717, 1.165) is 47.3 Å². The number of unbranched alkanes of at least 4 members (excludes halogenated alkanes) is 2. The van der Waals surface area contributed by atoms with Gasteiger partial charge in [-0.3, -0.25) is 14.9 Å². The minimum Gasteiger partial charge on any atom is -0.493 e. The highest BCUT2D eigenvalue weighted by Crippen LogP contribution is 2.45. The number of nitro groups is 1. The number of fused-ring (bicyclic) bond motifs is 1. The molecule has 0 saturated heterocycles. The van der Waals surface area contributed by atoms with Gasteiger partial charge in [-0.05, 0) is 74.9 Å². The van der Waals surface area contributed by atoms with Gasteiger partial charge in [0, 0.05) is 21.8 Å². The molecule has 34 heavy (non-hydrogen) atoms. The SMILES string of the molecule is CCCCCc1cc([C@H]2c3cc(OC)c(OC)cc3CC[C@@H]2[N+](=O)[O-])c(C(=O)NC(C)(C)C)s1. The van der Waals surface area contributed by atoms with E-state index in [9.17, 15) is 14.9 Å². The van der Waals surface area contributed by atoms with Crippen LogP contribution in [-0.4, -0.2) is 36.6 Å². The number of ether oxygens (including phenoxy) is 2. The van der Waals surface area contributed by atoms with Gasteiger partial charge in [0.1, 0.15) is 0 Å². The first-order valence-electron chi connectivity index (χ1n) is 11.9. The van der Waals surface area contributed by atoms with E-state index in [2.05, 4.69) is 12.2 Å². The topological polar surface area (TPSA) is 90.7 Å². The molecule has 0 unspecified atom stereocenters. The molecule has 1 amide bonds. The van der Waals surface area contributed by atoms with Crippen molar-refractivity contribution in [3.63, 3.8) is 0 Å². The highest BCUT2D eigenvalue weighted by Gasteiger charge is 2.42. The van der Waals surface area contributed by atoms with E-state index in [0.29, 0.717) is 29.2 Å². The number of hydrogen-bond acceptors (Lipinski definition) is 6. The Morgan fingerprint density at radius 1 is 1.15 bits per heavy atom. The number of nitrogens with zero attached hydrogens (tertiary/aromatic N) is 1. The molecule has 0 fully saturated rings. The zero-order valence-electron chi connectivity index (χ0n) is 21.0. The van der Waals surface area contributed by atoms with Gasteiger partial charge in [0.2, 0.25) is 6.04 Å². The number of amides is 1. The zero-order valence-corrected chi connectivity index (χ0v) is 21.8. The van der Waals surface area contributed by atoms with Crippen LogP contribution in [0.15, 0.2) is 18.2 Å². The Balaban J connectivity index is 2.17. The number of carbonyl (C=O) groups excluding carboxylic acids is 1. The summed E-state index contributed by atoms with van der Waals surface area (Å²) in [6, 6.07) is 4.99. The minimum atomic E-state index is -0.815. The van der Waals surface area contributed by atoms with Crippen molar-refractivity contribution in [3.8, 4) is 11.5 Å². The van der Waals surface area contributed by atoms with Gasteiger partial charge in [-0.15, -0.1) is 11.3 Å². The summed E-state index contributed by atoms with van der Waals surface area (Å²) < 4.78 is 11.0. The summed E-state index contributed by atoms with van der Waals surface area (Å²) in [5, 5.41) is 15.3. The molecule has 8 heteroatoms. The van der Waals surface area contributed by atoms with Crippen LogP contribution in [0.25, 0.3) is 0 Å². The third kappa shape index (κ3) is 5.71. The average molecular weight is 489 g/mol. The number of benzene rings is 1. The van der Waals surface area contributed by atoms with Crippen molar-refractivity contribution in [2.45, 2.75) is 83.7 Å². The molecule has 0 bridgehead atoms. The summed E-state index contributed by atoms with van der Waals surface area (Å²) in [6.07, 6.45) is 5.09. The average Bonchev–Trinajstić information content (AvgIpc) is 3.20. The first kappa shape index (κ1) is 26.0. The molecule has 0 radical (unpaired) electrons. The van der Waals surface area contributed by atoms with E-state index in [4.69, 9.17) is 9.47 Å². The van der Waals surface area contributed by atoms with Crippen molar-refractivity contribution in [3.05, 3.63) is 54.8 Å². The molecular formula is C26H36N2O5S. The number of methoxy groups -OCH3 is 2. The van der Waals surface area contributed by atoms with Gasteiger partial charge in [-0.2, -0.15) is 0 Å². The highest BCUT2D eigenvalue weighted by atomic mass is 32.1. The third-order valence-electron chi connectivity index (χ3n) is 6.21. The lowest BCUT2D eigenvalue weighted by Crippen LogP contribution is -2.41. The molecule has 1 aromatic carbocycles. The number of thiophene rings is 1. The second kappa shape index (κ2) is 10.8. The number of nitrogens with one attached hydrogen (secondary N) is 1. The fourth-order valence-electron chi connectivity index (χ4n) is 4.66. The zero-order chi connectivity index (χ0) is 25.0. The molecule has 3 rings (SSSR count). The molecule has 2 atom stereocenters. The van der Waals surface area contributed by atoms with Gasteiger partial charge in [0.05, 0.1) is 25.0 Å².